The predicted octanol–water partition coefficient (Wildman–Crippen LogP) is 4.98. The third-order valence-corrected chi connectivity index (χ3v) is 6.96. The van der Waals surface area contributed by atoms with Crippen LogP contribution in [-0.2, 0) is 16.0 Å². The number of benzene rings is 1. The molecule has 2 aromatic heterocycles. The normalized spacial score (nSPS) is 17.6. The van der Waals surface area contributed by atoms with Crippen LogP contribution < -0.4 is 5.32 Å². The van der Waals surface area contributed by atoms with Crippen LogP contribution >= 0.6 is 12.2 Å². The minimum absolute atomic E-state index is 0.0335. The van der Waals surface area contributed by atoms with Crippen molar-refractivity contribution in [3.8, 4) is 5.69 Å². The summed E-state index contributed by atoms with van der Waals surface area (Å²) in [7, 11) is 1.42. The van der Waals surface area contributed by atoms with E-state index < -0.39 is 0 Å². The van der Waals surface area contributed by atoms with Crippen LogP contribution in [0.25, 0.3) is 5.69 Å². The second kappa shape index (κ2) is 10.4. The molecule has 178 valence electrons. The van der Waals surface area contributed by atoms with E-state index in [1.807, 2.05) is 24.4 Å². The van der Waals surface area contributed by atoms with Crippen molar-refractivity contribution >= 4 is 23.3 Å². The van der Waals surface area contributed by atoms with Crippen molar-refractivity contribution in [1.29, 1.82) is 0 Å². The van der Waals surface area contributed by atoms with Gasteiger partial charge in [-0.05, 0) is 74.3 Å². The number of nitrogens with zero attached hydrogens (tertiary/aromatic N) is 3. The van der Waals surface area contributed by atoms with Crippen molar-refractivity contribution in [2.75, 3.05) is 13.7 Å². The van der Waals surface area contributed by atoms with Crippen LogP contribution in [0.1, 0.15) is 60.1 Å². The van der Waals surface area contributed by atoms with Crippen molar-refractivity contribution in [2.45, 2.75) is 52.1 Å². The van der Waals surface area contributed by atoms with Crippen molar-refractivity contribution in [3.63, 3.8) is 0 Å². The number of ether oxygens (including phenoxy) is 1. The molecule has 3 aromatic rings. The Labute approximate surface area is 207 Å². The number of para-hydroxylation sites is 1. The van der Waals surface area contributed by atoms with E-state index in [2.05, 4.69) is 70.9 Å². The molecule has 1 aliphatic heterocycles. The zero-order valence-corrected chi connectivity index (χ0v) is 21.1. The molecule has 0 spiro atoms. The molecule has 4 rings (SSSR count). The van der Waals surface area contributed by atoms with Gasteiger partial charge in [-0.1, -0.05) is 31.2 Å². The van der Waals surface area contributed by atoms with Gasteiger partial charge < -0.3 is 19.5 Å². The molecule has 1 N–H and O–H groups in total. The molecule has 1 fully saturated rings. The number of rotatable bonds is 8. The SMILES string of the molecule is CCc1ccccc1-n1c(C)cc([C@@H]2[C@H](c3ccccn3)NC(=S)N2CCCC(=O)OC)c1C. The Morgan fingerprint density at radius 2 is 1.94 bits per heavy atom. The molecule has 7 heteroatoms. The molecule has 6 nitrogen and oxygen atoms in total. The first-order chi connectivity index (χ1) is 16.5. The summed E-state index contributed by atoms with van der Waals surface area (Å²) in [6.45, 7) is 7.18. The van der Waals surface area contributed by atoms with Crippen molar-refractivity contribution in [3.05, 3.63) is 82.9 Å². The third-order valence-electron chi connectivity index (χ3n) is 6.61. The summed E-state index contributed by atoms with van der Waals surface area (Å²) in [5, 5.41) is 4.19. The maximum Gasteiger partial charge on any atom is 0.305 e. The van der Waals surface area contributed by atoms with Crippen LogP contribution in [0, 0.1) is 13.8 Å². The number of hydrogen-bond acceptors (Lipinski definition) is 4. The fourth-order valence-electron chi connectivity index (χ4n) is 4.97. The van der Waals surface area contributed by atoms with Gasteiger partial charge in [-0.15, -0.1) is 0 Å². The lowest BCUT2D eigenvalue weighted by Gasteiger charge is -2.28. The van der Waals surface area contributed by atoms with Gasteiger partial charge in [0.1, 0.15) is 0 Å². The zero-order chi connectivity index (χ0) is 24.2. The number of carbonyl (C=O) groups excluding carboxylic acids is 1. The Kier molecular flexibility index (Phi) is 7.32. The van der Waals surface area contributed by atoms with E-state index in [0.717, 1.165) is 12.1 Å². The van der Waals surface area contributed by atoms with Gasteiger partial charge in [-0.25, -0.2) is 0 Å². The van der Waals surface area contributed by atoms with Crippen molar-refractivity contribution in [2.24, 2.45) is 0 Å². The minimum Gasteiger partial charge on any atom is -0.469 e. The molecule has 1 saturated heterocycles. The first-order valence-corrected chi connectivity index (χ1v) is 12.2. The summed E-state index contributed by atoms with van der Waals surface area (Å²) in [4.78, 5) is 18.6. The number of esters is 1. The number of thiocarbonyl (C=S) groups is 1. The Hall–Kier alpha value is -3.19. The van der Waals surface area contributed by atoms with E-state index in [9.17, 15) is 4.79 Å². The van der Waals surface area contributed by atoms with E-state index in [1.165, 1.54) is 35.3 Å². The van der Waals surface area contributed by atoms with Gasteiger partial charge >= 0.3 is 5.97 Å². The molecule has 34 heavy (non-hydrogen) atoms. The summed E-state index contributed by atoms with van der Waals surface area (Å²) in [5.41, 5.74) is 7.06. The van der Waals surface area contributed by atoms with Crippen LogP contribution in [0.3, 0.4) is 0 Å². The van der Waals surface area contributed by atoms with Gasteiger partial charge in [0, 0.05) is 36.2 Å². The van der Waals surface area contributed by atoms with E-state index >= 15 is 0 Å². The summed E-state index contributed by atoms with van der Waals surface area (Å²) >= 11 is 5.78. The quantitative estimate of drug-likeness (QED) is 0.366. The van der Waals surface area contributed by atoms with Gasteiger partial charge in [0.15, 0.2) is 5.11 Å². The number of methoxy groups -OCH3 is 1. The zero-order valence-electron chi connectivity index (χ0n) is 20.2. The Morgan fingerprint density at radius 1 is 1.18 bits per heavy atom. The number of nitrogens with one attached hydrogen (secondary N) is 1. The number of aryl methyl sites for hydroxylation is 2. The number of pyridine rings is 1. The highest BCUT2D eigenvalue weighted by Crippen LogP contribution is 2.41. The van der Waals surface area contributed by atoms with Gasteiger partial charge in [0.25, 0.3) is 0 Å². The average molecular weight is 477 g/mol. The molecule has 0 bridgehead atoms. The maximum absolute atomic E-state index is 11.7. The average Bonchev–Trinajstić information content (AvgIpc) is 3.34. The molecule has 3 heterocycles. The monoisotopic (exact) mass is 476 g/mol. The largest absolute Gasteiger partial charge is 0.469 e. The Balaban J connectivity index is 1.77. The van der Waals surface area contributed by atoms with Gasteiger partial charge in [-0.2, -0.15) is 0 Å². The van der Waals surface area contributed by atoms with E-state index in [4.69, 9.17) is 17.0 Å². The summed E-state index contributed by atoms with van der Waals surface area (Å²) < 4.78 is 7.18. The fourth-order valence-corrected chi connectivity index (χ4v) is 5.30. The van der Waals surface area contributed by atoms with E-state index in [-0.39, 0.29) is 18.1 Å². The topological polar surface area (TPSA) is 59.4 Å². The molecule has 0 unspecified atom stereocenters. The molecule has 0 aliphatic carbocycles. The number of carbonyl (C=O) groups is 1. The summed E-state index contributed by atoms with van der Waals surface area (Å²) in [6, 6.07) is 16.7. The Bertz CT molecular complexity index is 1170. The van der Waals surface area contributed by atoms with E-state index in [0.29, 0.717) is 24.5 Å². The second-order valence-corrected chi connectivity index (χ2v) is 9.03. The fraction of sp³-hybridized carbons (Fsp3) is 0.370. The molecule has 0 radical (unpaired) electrons. The lowest BCUT2D eigenvalue weighted by molar-refractivity contribution is -0.140. The molecule has 1 aliphatic rings. The molecule has 0 saturated carbocycles. The lowest BCUT2D eigenvalue weighted by Crippen LogP contribution is -2.31. The minimum atomic E-state index is -0.203. The smallest absolute Gasteiger partial charge is 0.305 e. The molecule has 2 atom stereocenters. The van der Waals surface area contributed by atoms with Crippen LogP contribution in [0.4, 0.5) is 0 Å². The van der Waals surface area contributed by atoms with Crippen LogP contribution in [-0.4, -0.2) is 39.2 Å². The highest BCUT2D eigenvalue weighted by Gasteiger charge is 2.41. The van der Waals surface area contributed by atoms with Crippen molar-refractivity contribution < 1.29 is 9.53 Å². The van der Waals surface area contributed by atoms with E-state index in [1.54, 1.807) is 0 Å². The third kappa shape index (κ3) is 4.57. The lowest BCUT2D eigenvalue weighted by atomic mass is 9.96. The summed E-state index contributed by atoms with van der Waals surface area (Å²) in [5.74, 6) is -0.203. The van der Waals surface area contributed by atoms with Crippen LogP contribution in [0.2, 0.25) is 0 Å². The molecule has 0 amide bonds. The van der Waals surface area contributed by atoms with Gasteiger partial charge in [0.05, 0.1) is 24.9 Å². The highest BCUT2D eigenvalue weighted by molar-refractivity contribution is 7.80. The standard InChI is InChI=1S/C27H32N4O2S/c1-5-20-11-6-7-13-23(20)31-18(2)17-21(19(31)3)26-25(22-12-8-9-15-28-22)29-27(34)30(26)16-10-14-24(32)33-4/h6-9,11-13,15,17,25-26H,5,10,14,16H2,1-4H3,(H,29,34)/t25-,26+/m0/s1. The molecular weight excluding hydrogens is 444 g/mol. The first kappa shape index (κ1) is 24.0. The van der Waals surface area contributed by atoms with Crippen molar-refractivity contribution in [1.82, 2.24) is 19.8 Å². The number of aromatic nitrogens is 2. The Morgan fingerprint density at radius 3 is 2.65 bits per heavy atom. The van der Waals surface area contributed by atoms with Crippen LogP contribution in [0.15, 0.2) is 54.7 Å². The molecular formula is C27H32N4O2S. The first-order valence-electron chi connectivity index (χ1n) is 11.8. The van der Waals surface area contributed by atoms with Gasteiger partial charge in [0.2, 0.25) is 0 Å². The molecule has 1 aromatic carbocycles. The van der Waals surface area contributed by atoms with Gasteiger partial charge in [-0.3, -0.25) is 9.78 Å². The highest BCUT2D eigenvalue weighted by atomic mass is 32.1. The second-order valence-electron chi connectivity index (χ2n) is 8.64. The predicted molar refractivity (Wildman–Crippen MR) is 138 cm³/mol. The maximum atomic E-state index is 11.7. The number of hydrogen-bond donors (Lipinski definition) is 1. The summed E-state index contributed by atoms with van der Waals surface area (Å²) in [6.07, 6.45) is 3.81. The van der Waals surface area contributed by atoms with Crippen LogP contribution in [0.5, 0.6) is 0 Å².